The molecule has 108 valence electrons. The van der Waals surface area contributed by atoms with Gasteiger partial charge in [0, 0.05) is 6.54 Å². The molecule has 0 atom stereocenters. The van der Waals surface area contributed by atoms with Crippen molar-refractivity contribution in [3.05, 3.63) is 0 Å². The van der Waals surface area contributed by atoms with Gasteiger partial charge < -0.3 is 0 Å². The van der Waals surface area contributed by atoms with E-state index in [0.29, 0.717) is 6.54 Å². The first kappa shape index (κ1) is 15.7. The first-order valence-electron chi connectivity index (χ1n) is 7.39. The second kappa shape index (κ2) is 13.0. The zero-order chi connectivity index (χ0) is 13.4. The van der Waals surface area contributed by atoms with E-state index in [-0.39, 0.29) is 0 Å². The topological polar surface area (TPSA) is 86.2 Å². The van der Waals surface area contributed by atoms with Gasteiger partial charge in [0.2, 0.25) is 0 Å². The van der Waals surface area contributed by atoms with Gasteiger partial charge in [0.25, 0.3) is 0 Å². The molecule has 19 heavy (non-hydrogen) atoms. The van der Waals surface area contributed by atoms with Crippen LogP contribution in [0.4, 0.5) is 0 Å². The molecule has 0 aromatic rings. The summed E-state index contributed by atoms with van der Waals surface area (Å²) < 4.78 is 0. The predicted molar refractivity (Wildman–Crippen MR) is 73.6 cm³/mol. The summed E-state index contributed by atoms with van der Waals surface area (Å²) >= 11 is 0. The highest BCUT2D eigenvalue weighted by atomic mass is 15.6. The van der Waals surface area contributed by atoms with Crippen molar-refractivity contribution in [3.8, 4) is 0 Å². The van der Waals surface area contributed by atoms with Crippen LogP contribution in [0.25, 0.3) is 0 Å². The largest absolute Gasteiger partial charge is 0.290 e. The first-order valence-corrected chi connectivity index (χ1v) is 7.39. The van der Waals surface area contributed by atoms with Gasteiger partial charge >= 0.3 is 0 Å². The minimum Gasteiger partial charge on any atom is -0.290 e. The fourth-order valence-electron chi connectivity index (χ4n) is 2.01. The van der Waals surface area contributed by atoms with Crippen molar-refractivity contribution >= 4 is 0 Å². The quantitative estimate of drug-likeness (QED) is 0.683. The lowest BCUT2D eigenvalue weighted by molar-refractivity contribution is 0.540. The number of hydrogen-bond donors (Lipinski definition) is 1. The summed E-state index contributed by atoms with van der Waals surface area (Å²) in [7, 11) is 0. The van der Waals surface area contributed by atoms with E-state index in [9.17, 15) is 0 Å². The van der Waals surface area contributed by atoms with Crippen molar-refractivity contribution in [1.82, 2.24) is 5.43 Å². The molecule has 1 N–H and O–H groups in total. The highest BCUT2D eigenvalue weighted by Gasteiger charge is 1.93. The number of nitrogens with one attached hydrogen (secondary N) is 1. The second-order valence-corrected chi connectivity index (χ2v) is 4.77. The van der Waals surface area contributed by atoms with Gasteiger partial charge in [-0.1, -0.05) is 56.6 Å². The minimum atomic E-state index is 0.717. The molecule has 0 saturated heterocycles. The van der Waals surface area contributed by atoms with Crippen molar-refractivity contribution in [2.45, 2.75) is 64.2 Å². The van der Waals surface area contributed by atoms with Gasteiger partial charge in [0.15, 0.2) is 0 Å². The third-order valence-corrected chi connectivity index (χ3v) is 3.10. The van der Waals surface area contributed by atoms with Crippen molar-refractivity contribution in [3.63, 3.8) is 0 Å². The van der Waals surface area contributed by atoms with Crippen LogP contribution in [0.2, 0.25) is 0 Å². The Labute approximate surface area is 115 Å². The molecule has 0 fully saturated rings. The summed E-state index contributed by atoms with van der Waals surface area (Å²) in [6, 6.07) is 0. The summed E-state index contributed by atoms with van der Waals surface area (Å²) in [6.45, 7) is 1.55. The van der Waals surface area contributed by atoms with Crippen LogP contribution in [0.5, 0.6) is 0 Å². The molecular weight excluding hydrogens is 242 g/mol. The van der Waals surface area contributed by atoms with E-state index in [1.807, 2.05) is 0 Å². The summed E-state index contributed by atoms with van der Waals surface area (Å²) in [6.07, 6.45) is 12.7. The molecular formula is C12H25N7. The molecule has 1 heterocycles. The highest BCUT2D eigenvalue weighted by molar-refractivity contribution is 4.49. The number of rotatable bonds is 0. The van der Waals surface area contributed by atoms with Crippen molar-refractivity contribution in [1.29, 1.82) is 0 Å². The summed E-state index contributed by atoms with van der Waals surface area (Å²) in [4.78, 5) is 0. The zero-order valence-corrected chi connectivity index (χ0v) is 11.7. The monoisotopic (exact) mass is 267 g/mol. The predicted octanol–water partition coefficient (Wildman–Crippen LogP) is 4.59. The summed E-state index contributed by atoms with van der Waals surface area (Å²) in [5, 5.41) is 21.4. The van der Waals surface area contributed by atoms with Crippen LogP contribution in [0.15, 0.2) is 31.2 Å². The molecule has 0 amide bonds. The smallest absolute Gasteiger partial charge is 0.0621 e. The summed E-state index contributed by atoms with van der Waals surface area (Å²) in [5.74, 6) is 0. The summed E-state index contributed by atoms with van der Waals surface area (Å²) in [5.41, 5.74) is 2.83. The van der Waals surface area contributed by atoms with Crippen LogP contribution in [0.3, 0.4) is 0 Å². The Morgan fingerprint density at radius 1 is 0.526 bits per heavy atom. The maximum Gasteiger partial charge on any atom is 0.0621 e. The molecule has 0 radical (unpaired) electrons. The van der Waals surface area contributed by atoms with Crippen molar-refractivity contribution < 1.29 is 0 Å². The van der Waals surface area contributed by atoms with Gasteiger partial charge in [-0.2, -0.15) is 5.11 Å². The maximum absolute atomic E-state index is 3.89. The molecule has 7 nitrogen and oxygen atoms in total. The lowest BCUT2D eigenvalue weighted by Gasteiger charge is -2.02. The Balaban J connectivity index is 2.19. The first-order chi connectivity index (χ1) is 9.50. The average molecular weight is 267 g/mol. The van der Waals surface area contributed by atoms with E-state index in [1.165, 1.54) is 51.4 Å². The molecule has 0 aromatic heterocycles. The molecule has 0 aromatic carbocycles. The van der Waals surface area contributed by atoms with Crippen LogP contribution >= 0.6 is 0 Å². The molecule has 1 rings (SSSR count). The van der Waals surface area contributed by atoms with E-state index >= 15 is 0 Å². The Morgan fingerprint density at radius 3 is 1.84 bits per heavy atom. The van der Waals surface area contributed by atoms with E-state index in [1.54, 1.807) is 0 Å². The Kier molecular flexibility index (Phi) is 10.7. The van der Waals surface area contributed by atoms with E-state index in [0.717, 1.165) is 19.4 Å². The number of hydrogen-bond acceptors (Lipinski definition) is 7. The van der Waals surface area contributed by atoms with Crippen LogP contribution in [0, 0.1) is 0 Å². The highest BCUT2D eigenvalue weighted by Crippen LogP contribution is 2.10. The standard InChI is InChI=1S/C12H25N7/c1-2-4-6-8-10-12-14-16-18-19-17-15-13-11-9-7-5-3-1/h1-12H2,(H,13,14,17,18). The van der Waals surface area contributed by atoms with Crippen LogP contribution in [-0.2, 0) is 0 Å². The lowest BCUT2D eigenvalue weighted by Crippen LogP contribution is -2.05. The Morgan fingerprint density at radius 2 is 1.11 bits per heavy atom. The normalized spacial score (nSPS) is 26.1. The Hall–Kier alpha value is -1.40. The third kappa shape index (κ3) is 11.4. The van der Waals surface area contributed by atoms with Crippen LogP contribution in [-0.4, -0.2) is 13.1 Å². The van der Waals surface area contributed by atoms with Gasteiger partial charge in [-0.15, -0.1) is 0 Å². The molecule has 0 saturated carbocycles. The molecule has 0 unspecified atom stereocenters. The molecule has 0 bridgehead atoms. The third-order valence-electron chi connectivity index (χ3n) is 3.10. The van der Waals surface area contributed by atoms with Crippen molar-refractivity contribution in [2.75, 3.05) is 13.1 Å². The molecule has 1 aliphatic heterocycles. The SMILES string of the molecule is C1CCCCCCN/N=N/N=N/N=N/CCCCC1. The second-order valence-electron chi connectivity index (χ2n) is 4.77. The van der Waals surface area contributed by atoms with Crippen LogP contribution in [0.1, 0.15) is 64.2 Å². The fourth-order valence-corrected chi connectivity index (χ4v) is 2.01. The number of nitrogens with zero attached hydrogens (tertiary/aromatic N) is 6. The molecule has 7 heteroatoms. The molecule has 0 aliphatic carbocycles. The van der Waals surface area contributed by atoms with E-state index in [4.69, 9.17) is 0 Å². The van der Waals surface area contributed by atoms with E-state index in [2.05, 4.69) is 36.7 Å². The van der Waals surface area contributed by atoms with Crippen LogP contribution < -0.4 is 5.43 Å². The van der Waals surface area contributed by atoms with Gasteiger partial charge in [-0.3, -0.25) is 5.43 Å². The lowest BCUT2D eigenvalue weighted by atomic mass is 10.1. The molecule has 1 aliphatic rings. The van der Waals surface area contributed by atoms with E-state index < -0.39 is 0 Å². The zero-order valence-electron chi connectivity index (χ0n) is 11.7. The van der Waals surface area contributed by atoms with Gasteiger partial charge in [-0.05, 0) is 33.7 Å². The van der Waals surface area contributed by atoms with Gasteiger partial charge in [0.05, 0.1) is 6.54 Å². The maximum atomic E-state index is 3.89. The minimum absolute atomic E-state index is 0.717. The average Bonchev–Trinajstić information content (AvgIpc) is 2.43. The van der Waals surface area contributed by atoms with Gasteiger partial charge in [0.1, 0.15) is 0 Å². The Bertz CT molecular complexity index is 249. The fraction of sp³-hybridized carbons (Fsp3) is 1.00. The molecule has 0 spiro atoms. The van der Waals surface area contributed by atoms with Gasteiger partial charge in [-0.25, -0.2) is 0 Å². The van der Waals surface area contributed by atoms with Crippen molar-refractivity contribution in [2.24, 2.45) is 31.2 Å².